The van der Waals surface area contributed by atoms with Gasteiger partial charge in [-0.05, 0) is 37.7 Å². The van der Waals surface area contributed by atoms with Crippen molar-refractivity contribution in [2.75, 3.05) is 11.4 Å². The van der Waals surface area contributed by atoms with Gasteiger partial charge in [0.05, 0.1) is 6.10 Å². The quantitative estimate of drug-likeness (QED) is 0.853. The molecule has 3 nitrogen and oxygen atoms in total. The van der Waals surface area contributed by atoms with E-state index in [1.807, 2.05) is 29.2 Å². The lowest BCUT2D eigenvalue weighted by atomic mass is 9.96. The van der Waals surface area contributed by atoms with E-state index in [9.17, 15) is 9.90 Å². The van der Waals surface area contributed by atoms with Crippen LogP contribution in [0.5, 0.6) is 0 Å². The minimum absolute atomic E-state index is 0.165. The number of anilines is 1. The predicted molar refractivity (Wildman–Crippen MR) is 79.5 cm³/mol. The summed E-state index contributed by atoms with van der Waals surface area (Å²) in [6.45, 7) is 2.92. The average Bonchev–Trinajstić information content (AvgIpc) is 2.81. The number of nitrogens with zero attached hydrogens (tertiary/aromatic N) is 1. The first kappa shape index (κ1) is 13.6. The van der Waals surface area contributed by atoms with E-state index in [2.05, 4.69) is 6.92 Å². The highest BCUT2D eigenvalue weighted by Gasteiger charge is 2.35. The number of hydrogen-bond donors (Lipinski definition) is 1. The molecule has 3 atom stereocenters. The van der Waals surface area contributed by atoms with Gasteiger partial charge in [-0.3, -0.25) is 4.79 Å². The summed E-state index contributed by atoms with van der Waals surface area (Å²) < 4.78 is 0. The second-order valence-corrected chi connectivity index (χ2v) is 6.22. The van der Waals surface area contributed by atoms with Crippen molar-refractivity contribution in [3.63, 3.8) is 0 Å². The van der Waals surface area contributed by atoms with Gasteiger partial charge in [-0.15, -0.1) is 0 Å². The molecule has 0 spiro atoms. The molecule has 0 bridgehead atoms. The highest BCUT2D eigenvalue weighted by Crippen LogP contribution is 2.37. The first-order valence-electron chi connectivity index (χ1n) is 7.77. The topological polar surface area (TPSA) is 40.5 Å². The number of benzene rings is 1. The molecular weight excluding hydrogens is 250 g/mol. The SMILES string of the molecule is CC1CCCC1C(=O)N1CCCC(O)c2ccccc21. The molecule has 3 rings (SSSR count). The molecule has 1 aliphatic heterocycles. The van der Waals surface area contributed by atoms with Crippen molar-refractivity contribution in [1.82, 2.24) is 0 Å². The zero-order valence-electron chi connectivity index (χ0n) is 12.1. The maximum absolute atomic E-state index is 12.9. The smallest absolute Gasteiger partial charge is 0.230 e. The van der Waals surface area contributed by atoms with Crippen LogP contribution in [0.25, 0.3) is 0 Å². The minimum atomic E-state index is -0.440. The number of rotatable bonds is 1. The number of amides is 1. The summed E-state index contributed by atoms with van der Waals surface area (Å²) in [5.41, 5.74) is 1.82. The van der Waals surface area contributed by atoms with Crippen LogP contribution in [-0.4, -0.2) is 17.6 Å². The zero-order valence-corrected chi connectivity index (χ0v) is 12.1. The number of fused-ring (bicyclic) bond motifs is 1. The summed E-state index contributed by atoms with van der Waals surface area (Å²) in [7, 11) is 0. The van der Waals surface area contributed by atoms with Crippen LogP contribution in [0.1, 0.15) is 50.7 Å². The highest BCUT2D eigenvalue weighted by molar-refractivity contribution is 5.96. The molecule has 3 heteroatoms. The summed E-state index contributed by atoms with van der Waals surface area (Å²) in [6, 6.07) is 7.81. The molecule has 1 amide bonds. The van der Waals surface area contributed by atoms with Crippen LogP contribution >= 0.6 is 0 Å². The van der Waals surface area contributed by atoms with Crippen molar-refractivity contribution in [2.45, 2.75) is 45.1 Å². The Bertz CT molecular complexity index is 500. The molecule has 0 radical (unpaired) electrons. The Morgan fingerprint density at radius 3 is 2.75 bits per heavy atom. The highest BCUT2D eigenvalue weighted by atomic mass is 16.3. The monoisotopic (exact) mass is 273 g/mol. The molecule has 1 saturated carbocycles. The Morgan fingerprint density at radius 2 is 2.00 bits per heavy atom. The van der Waals surface area contributed by atoms with E-state index >= 15 is 0 Å². The van der Waals surface area contributed by atoms with E-state index in [1.165, 1.54) is 0 Å². The molecule has 0 aromatic heterocycles. The third-order valence-electron chi connectivity index (χ3n) is 4.89. The van der Waals surface area contributed by atoms with E-state index in [0.29, 0.717) is 5.92 Å². The maximum Gasteiger partial charge on any atom is 0.230 e. The lowest BCUT2D eigenvalue weighted by molar-refractivity contribution is -0.123. The van der Waals surface area contributed by atoms with Gasteiger partial charge in [0, 0.05) is 23.7 Å². The molecule has 0 saturated heterocycles. The normalized spacial score (nSPS) is 29.9. The predicted octanol–water partition coefficient (Wildman–Crippen LogP) is 3.28. The fourth-order valence-corrected chi connectivity index (χ4v) is 3.68. The molecule has 1 fully saturated rings. The number of para-hydroxylation sites is 1. The van der Waals surface area contributed by atoms with Gasteiger partial charge in [0.15, 0.2) is 0 Å². The molecule has 1 N–H and O–H groups in total. The maximum atomic E-state index is 12.9. The van der Waals surface area contributed by atoms with Crippen molar-refractivity contribution in [1.29, 1.82) is 0 Å². The van der Waals surface area contributed by atoms with Crippen LogP contribution in [0.15, 0.2) is 24.3 Å². The van der Waals surface area contributed by atoms with Gasteiger partial charge >= 0.3 is 0 Å². The van der Waals surface area contributed by atoms with Crippen molar-refractivity contribution < 1.29 is 9.90 Å². The van der Waals surface area contributed by atoms with Crippen LogP contribution in [0.3, 0.4) is 0 Å². The Labute approximate surface area is 120 Å². The first-order chi connectivity index (χ1) is 9.68. The molecule has 1 heterocycles. The molecular formula is C17H23NO2. The lowest BCUT2D eigenvalue weighted by Crippen LogP contribution is -2.37. The fourth-order valence-electron chi connectivity index (χ4n) is 3.68. The van der Waals surface area contributed by atoms with Crippen LogP contribution in [0.4, 0.5) is 5.69 Å². The Kier molecular flexibility index (Phi) is 3.79. The number of aliphatic hydroxyl groups is 1. The second-order valence-electron chi connectivity index (χ2n) is 6.22. The second kappa shape index (κ2) is 5.57. The summed E-state index contributed by atoms with van der Waals surface area (Å²) in [5, 5.41) is 10.2. The van der Waals surface area contributed by atoms with E-state index < -0.39 is 6.10 Å². The molecule has 3 unspecified atom stereocenters. The Hall–Kier alpha value is -1.35. The summed E-state index contributed by atoms with van der Waals surface area (Å²) in [5.74, 6) is 0.915. The summed E-state index contributed by atoms with van der Waals surface area (Å²) >= 11 is 0. The number of carbonyl (C=O) groups excluding carboxylic acids is 1. The largest absolute Gasteiger partial charge is 0.388 e. The van der Waals surface area contributed by atoms with Gasteiger partial charge in [0.25, 0.3) is 0 Å². The van der Waals surface area contributed by atoms with Crippen LogP contribution in [0, 0.1) is 11.8 Å². The van der Waals surface area contributed by atoms with Crippen molar-refractivity contribution in [3.05, 3.63) is 29.8 Å². The van der Waals surface area contributed by atoms with Crippen LogP contribution < -0.4 is 4.90 Å². The number of hydrogen-bond acceptors (Lipinski definition) is 2. The standard InChI is InChI=1S/C17H23NO2/c1-12-6-4-8-13(12)17(20)18-11-5-10-16(19)14-7-2-3-9-15(14)18/h2-3,7,9,12-13,16,19H,4-6,8,10-11H2,1H3. The fraction of sp³-hybridized carbons (Fsp3) is 0.588. The van der Waals surface area contributed by atoms with E-state index in [1.54, 1.807) is 0 Å². The molecule has 1 aliphatic carbocycles. The average molecular weight is 273 g/mol. The third kappa shape index (κ3) is 2.35. The molecule has 2 aliphatic rings. The number of aliphatic hydroxyl groups excluding tert-OH is 1. The van der Waals surface area contributed by atoms with Crippen molar-refractivity contribution in [3.8, 4) is 0 Å². The van der Waals surface area contributed by atoms with Crippen LogP contribution in [-0.2, 0) is 4.79 Å². The lowest BCUT2D eigenvalue weighted by Gasteiger charge is -2.27. The first-order valence-corrected chi connectivity index (χ1v) is 7.77. The molecule has 20 heavy (non-hydrogen) atoms. The number of carbonyl (C=O) groups is 1. The van der Waals surface area contributed by atoms with Gasteiger partial charge in [-0.1, -0.05) is 31.5 Å². The Balaban J connectivity index is 1.93. The Morgan fingerprint density at radius 1 is 1.20 bits per heavy atom. The zero-order chi connectivity index (χ0) is 14.1. The van der Waals surface area contributed by atoms with E-state index in [4.69, 9.17) is 0 Å². The van der Waals surface area contributed by atoms with Gasteiger partial charge < -0.3 is 10.0 Å². The minimum Gasteiger partial charge on any atom is -0.388 e. The van der Waals surface area contributed by atoms with E-state index in [-0.39, 0.29) is 11.8 Å². The van der Waals surface area contributed by atoms with Gasteiger partial charge in [0.1, 0.15) is 0 Å². The van der Waals surface area contributed by atoms with Crippen LogP contribution in [0.2, 0.25) is 0 Å². The van der Waals surface area contributed by atoms with Gasteiger partial charge in [-0.25, -0.2) is 0 Å². The van der Waals surface area contributed by atoms with Crippen molar-refractivity contribution >= 4 is 11.6 Å². The molecule has 108 valence electrons. The molecule has 1 aromatic rings. The van der Waals surface area contributed by atoms with Crippen molar-refractivity contribution in [2.24, 2.45) is 11.8 Å². The summed E-state index contributed by atoms with van der Waals surface area (Å²) in [4.78, 5) is 14.8. The summed E-state index contributed by atoms with van der Waals surface area (Å²) in [6.07, 6.45) is 4.50. The molecule has 1 aromatic carbocycles. The van der Waals surface area contributed by atoms with Gasteiger partial charge in [-0.2, -0.15) is 0 Å². The third-order valence-corrected chi connectivity index (χ3v) is 4.89. The van der Waals surface area contributed by atoms with E-state index in [0.717, 1.165) is 49.9 Å². The van der Waals surface area contributed by atoms with Gasteiger partial charge in [0.2, 0.25) is 5.91 Å².